The van der Waals surface area contributed by atoms with Crippen molar-refractivity contribution in [2.24, 2.45) is 7.05 Å². The molecule has 0 saturated carbocycles. The molecule has 152 valence electrons. The van der Waals surface area contributed by atoms with Gasteiger partial charge in [-0.05, 0) is 42.5 Å². The number of carbonyl (C=O) groups excluding carboxylic acids is 1. The molecule has 2 aromatic carbocycles. The van der Waals surface area contributed by atoms with Gasteiger partial charge in [0.05, 0.1) is 22.0 Å². The van der Waals surface area contributed by atoms with E-state index in [1.54, 1.807) is 12.1 Å². The molecule has 3 heterocycles. The molecule has 5 aromatic rings. The first-order valence-corrected chi connectivity index (χ1v) is 9.45. The average Bonchev–Trinajstić information content (AvgIpc) is 3.11. The number of imidazole rings is 1. The number of rotatable bonds is 3. The average molecular weight is 412 g/mol. The van der Waals surface area contributed by atoms with Crippen LogP contribution in [0, 0.1) is 0 Å². The van der Waals surface area contributed by atoms with E-state index >= 15 is 0 Å². The van der Waals surface area contributed by atoms with Crippen LogP contribution in [0.3, 0.4) is 0 Å². The van der Waals surface area contributed by atoms with Crippen molar-refractivity contribution in [3.8, 4) is 11.4 Å². The van der Waals surface area contributed by atoms with Gasteiger partial charge in [0.1, 0.15) is 11.5 Å². The number of carbonyl (C=O) groups is 1. The van der Waals surface area contributed by atoms with Crippen molar-refractivity contribution >= 4 is 33.7 Å². The van der Waals surface area contributed by atoms with Crippen LogP contribution in [0.1, 0.15) is 10.4 Å². The lowest BCUT2D eigenvalue weighted by Crippen LogP contribution is -2.23. The van der Waals surface area contributed by atoms with Gasteiger partial charge in [-0.2, -0.15) is 0 Å². The molecule has 31 heavy (non-hydrogen) atoms. The maximum Gasteiger partial charge on any atom is 0.327 e. The normalized spacial score (nSPS) is 11.1. The van der Waals surface area contributed by atoms with Crippen molar-refractivity contribution in [3.05, 3.63) is 87.2 Å². The standard InChI is InChI=1S/C22H16N6O3/c1-28-17-5-3-2-4-16(17)25-19(28)12-6-8-14(9-7-12)24-20(29)13-10-15-18(23-11-13)26-22(31)27-21(15)30/h2-11H,1H3,(H,24,29)(H2,23,26,27,30,31). The first-order chi connectivity index (χ1) is 15.0. The number of anilines is 1. The van der Waals surface area contributed by atoms with Crippen LogP contribution in [-0.2, 0) is 7.05 Å². The van der Waals surface area contributed by atoms with Gasteiger partial charge in [0.25, 0.3) is 11.5 Å². The Balaban J connectivity index is 1.41. The Labute approximate surface area is 174 Å². The number of pyridine rings is 1. The number of aromatic amines is 2. The Bertz CT molecular complexity index is 1580. The number of aromatic nitrogens is 5. The number of hydrogen-bond acceptors (Lipinski definition) is 5. The number of aryl methyl sites for hydroxylation is 1. The number of fused-ring (bicyclic) bond motifs is 2. The summed E-state index contributed by atoms with van der Waals surface area (Å²) in [6.45, 7) is 0. The van der Waals surface area contributed by atoms with Gasteiger partial charge < -0.3 is 9.88 Å². The van der Waals surface area contributed by atoms with E-state index in [0.29, 0.717) is 5.69 Å². The fourth-order valence-electron chi connectivity index (χ4n) is 3.48. The zero-order chi connectivity index (χ0) is 21.5. The van der Waals surface area contributed by atoms with E-state index in [2.05, 4.69) is 25.3 Å². The molecule has 0 aliphatic rings. The second-order valence-electron chi connectivity index (χ2n) is 7.04. The molecule has 0 aliphatic heterocycles. The molecule has 1 amide bonds. The van der Waals surface area contributed by atoms with Crippen LogP contribution in [0.2, 0.25) is 0 Å². The Morgan fingerprint density at radius 2 is 1.81 bits per heavy atom. The highest BCUT2D eigenvalue weighted by Crippen LogP contribution is 2.25. The Kier molecular flexibility index (Phi) is 4.21. The first-order valence-electron chi connectivity index (χ1n) is 9.45. The molecule has 9 nitrogen and oxygen atoms in total. The molecule has 5 rings (SSSR count). The predicted octanol–water partition coefficient (Wildman–Crippen LogP) is 2.42. The third-order valence-electron chi connectivity index (χ3n) is 5.04. The van der Waals surface area contributed by atoms with Crippen molar-refractivity contribution in [3.63, 3.8) is 0 Å². The number of hydrogen-bond donors (Lipinski definition) is 3. The molecule has 0 radical (unpaired) electrons. The molecule has 3 N–H and O–H groups in total. The highest BCUT2D eigenvalue weighted by Gasteiger charge is 2.12. The van der Waals surface area contributed by atoms with E-state index in [1.165, 1.54) is 12.3 Å². The Morgan fingerprint density at radius 3 is 2.58 bits per heavy atom. The fraction of sp³-hybridized carbons (Fsp3) is 0.0455. The predicted molar refractivity (Wildman–Crippen MR) is 117 cm³/mol. The van der Waals surface area contributed by atoms with E-state index in [1.807, 2.05) is 48.0 Å². The van der Waals surface area contributed by atoms with E-state index in [0.717, 1.165) is 22.4 Å². The number of amides is 1. The largest absolute Gasteiger partial charge is 0.327 e. The molecule has 0 unspecified atom stereocenters. The van der Waals surface area contributed by atoms with Crippen LogP contribution in [0.15, 0.2) is 70.4 Å². The lowest BCUT2D eigenvalue weighted by Gasteiger charge is -2.07. The van der Waals surface area contributed by atoms with Gasteiger partial charge in [0.2, 0.25) is 0 Å². The van der Waals surface area contributed by atoms with Gasteiger partial charge in [-0.1, -0.05) is 12.1 Å². The molecule has 0 atom stereocenters. The number of nitrogens with one attached hydrogen (secondary N) is 3. The second kappa shape index (κ2) is 7.06. The molecule has 0 saturated heterocycles. The maximum absolute atomic E-state index is 12.6. The summed E-state index contributed by atoms with van der Waals surface area (Å²) < 4.78 is 2.02. The van der Waals surface area contributed by atoms with E-state index in [-0.39, 0.29) is 16.6 Å². The minimum atomic E-state index is -0.650. The summed E-state index contributed by atoms with van der Waals surface area (Å²) in [4.78, 5) is 49.1. The maximum atomic E-state index is 12.6. The second-order valence-corrected chi connectivity index (χ2v) is 7.04. The zero-order valence-electron chi connectivity index (χ0n) is 16.3. The summed E-state index contributed by atoms with van der Waals surface area (Å²) in [6.07, 6.45) is 1.31. The molecular formula is C22H16N6O3. The van der Waals surface area contributed by atoms with Crippen LogP contribution in [-0.4, -0.2) is 30.4 Å². The topological polar surface area (TPSA) is 126 Å². The first kappa shape index (κ1) is 18.5. The molecule has 0 fully saturated rings. The van der Waals surface area contributed by atoms with Crippen LogP contribution in [0.5, 0.6) is 0 Å². The van der Waals surface area contributed by atoms with Crippen molar-refractivity contribution < 1.29 is 4.79 Å². The summed E-state index contributed by atoms with van der Waals surface area (Å²) in [5.74, 6) is 0.404. The third kappa shape index (κ3) is 3.27. The fourth-order valence-corrected chi connectivity index (χ4v) is 3.48. The monoisotopic (exact) mass is 412 g/mol. The van der Waals surface area contributed by atoms with Crippen LogP contribution in [0.25, 0.3) is 33.5 Å². The molecular weight excluding hydrogens is 396 g/mol. The summed E-state index contributed by atoms with van der Waals surface area (Å²) in [5.41, 5.74) is 2.52. The van der Waals surface area contributed by atoms with Gasteiger partial charge >= 0.3 is 5.69 Å². The van der Waals surface area contributed by atoms with Gasteiger partial charge in [-0.25, -0.2) is 14.8 Å². The summed E-state index contributed by atoms with van der Waals surface area (Å²) in [7, 11) is 1.96. The summed E-state index contributed by atoms with van der Waals surface area (Å²) in [5, 5.41) is 2.91. The van der Waals surface area contributed by atoms with Crippen molar-refractivity contribution in [2.75, 3.05) is 5.32 Å². The van der Waals surface area contributed by atoms with Crippen LogP contribution in [0.4, 0.5) is 5.69 Å². The van der Waals surface area contributed by atoms with E-state index in [9.17, 15) is 14.4 Å². The third-order valence-corrected chi connectivity index (χ3v) is 5.04. The minimum absolute atomic E-state index is 0.122. The van der Waals surface area contributed by atoms with Gasteiger partial charge in [-0.3, -0.25) is 19.6 Å². The summed E-state index contributed by atoms with van der Waals surface area (Å²) >= 11 is 0. The number of benzene rings is 2. The van der Waals surface area contributed by atoms with E-state index in [4.69, 9.17) is 0 Å². The quantitative estimate of drug-likeness (QED) is 0.420. The molecule has 3 aromatic heterocycles. The van der Waals surface area contributed by atoms with Gasteiger partial charge in [0.15, 0.2) is 0 Å². The molecule has 0 aliphatic carbocycles. The number of para-hydroxylation sites is 2. The lowest BCUT2D eigenvalue weighted by atomic mass is 10.1. The molecule has 9 heteroatoms. The molecule has 0 spiro atoms. The highest BCUT2D eigenvalue weighted by molar-refractivity contribution is 6.05. The minimum Gasteiger partial charge on any atom is -0.327 e. The highest BCUT2D eigenvalue weighted by atomic mass is 16.2. The van der Waals surface area contributed by atoms with E-state index < -0.39 is 17.2 Å². The van der Waals surface area contributed by atoms with Gasteiger partial charge in [-0.15, -0.1) is 0 Å². The number of nitrogens with zero attached hydrogens (tertiary/aromatic N) is 3. The smallest absolute Gasteiger partial charge is 0.327 e. The van der Waals surface area contributed by atoms with Gasteiger partial charge in [0, 0.05) is 24.5 Å². The van der Waals surface area contributed by atoms with Crippen molar-refractivity contribution in [1.82, 2.24) is 24.5 Å². The van der Waals surface area contributed by atoms with Crippen LogP contribution < -0.4 is 16.6 Å². The Morgan fingerprint density at radius 1 is 1.03 bits per heavy atom. The lowest BCUT2D eigenvalue weighted by molar-refractivity contribution is 0.102. The molecule has 0 bridgehead atoms. The van der Waals surface area contributed by atoms with Crippen molar-refractivity contribution in [1.29, 1.82) is 0 Å². The summed E-state index contributed by atoms with van der Waals surface area (Å²) in [6, 6.07) is 16.6. The van der Waals surface area contributed by atoms with Crippen molar-refractivity contribution in [2.45, 2.75) is 0 Å². The zero-order valence-corrected chi connectivity index (χ0v) is 16.3. The van der Waals surface area contributed by atoms with Crippen LogP contribution >= 0.6 is 0 Å². The SMILES string of the molecule is Cn1c(-c2ccc(NC(=O)c3cnc4[nH]c(=O)[nH]c(=O)c4c3)cc2)nc2ccccc21. The Hall–Kier alpha value is -4.53. The number of H-pyrrole nitrogens is 2.